The van der Waals surface area contributed by atoms with Gasteiger partial charge in [-0.2, -0.15) is 0 Å². The maximum Gasteiger partial charge on any atom is 0.332 e. The molecule has 0 amide bonds. The van der Waals surface area contributed by atoms with Gasteiger partial charge < -0.3 is 18.9 Å². The van der Waals surface area contributed by atoms with E-state index >= 15 is 0 Å². The third kappa shape index (κ3) is 7.37. The molecule has 1 heterocycles. The van der Waals surface area contributed by atoms with Crippen LogP contribution in [0.15, 0.2) is 78.9 Å². The SMILES string of the molecule is COCC(=O)O[C@]1(CCN(C)CCCc2nc(-c3ccccc3)c(-c3ccccc3)n2C)CCc2cc(F)ccc2[C@@H]1C(C)C. The molecular weight excluding hydrogens is 565 g/mol. The van der Waals surface area contributed by atoms with E-state index < -0.39 is 5.60 Å². The lowest BCUT2D eigenvalue weighted by atomic mass is 9.65. The highest BCUT2D eigenvalue weighted by Crippen LogP contribution is 2.48. The van der Waals surface area contributed by atoms with Crippen LogP contribution in [0.4, 0.5) is 4.39 Å². The van der Waals surface area contributed by atoms with Crippen LogP contribution in [-0.2, 0) is 34.2 Å². The fraction of sp³-hybridized carbons (Fsp3) is 0.421. The quantitative estimate of drug-likeness (QED) is 0.147. The van der Waals surface area contributed by atoms with E-state index in [-0.39, 0.29) is 30.2 Å². The summed E-state index contributed by atoms with van der Waals surface area (Å²) < 4.78 is 27.8. The molecule has 1 aliphatic carbocycles. The first-order valence-electron chi connectivity index (χ1n) is 16.1. The Morgan fingerprint density at radius 2 is 1.73 bits per heavy atom. The van der Waals surface area contributed by atoms with E-state index in [1.165, 1.54) is 13.2 Å². The molecule has 7 heteroatoms. The predicted octanol–water partition coefficient (Wildman–Crippen LogP) is 7.46. The summed E-state index contributed by atoms with van der Waals surface area (Å²) in [5, 5.41) is 0. The van der Waals surface area contributed by atoms with Crippen LogP contribution in [-0.4, -0.2) is 59.9 Å². The second-order valence-electron chi connectivity index (χ2n) is 12.7. The maximum atomic E-state index is 14.1. The van der Waals surface area contributed by atoms with Gasteiger partial charge in [-0.3, -0.25) is 0 Å². The maximum absolute atomic E-state index is 14.1. The van der Waals surface area contributed by atoms with Gasteiger partial charge in [-0.25, -0.2) is 14.2 Å². The Morgan fingerprint density at radius 1 is 1.04 bits per heavy atom. The first kappa shape index (κ1) is 32.6. The van der Waals surface area contributed by atoms with Crippen molar-refractivity contribution in [3.05, 3.63) is 102 Å². The first-order valence-corrected chi connectivity index (χ1v) is 16.1. The lowest BCUT2D eigenvalue weighted by Gasteiger charge is -2.47. The van der Waals surface area contributed by atoms with Gasteiger partial charge in [0, 0.05) is 50.6 Å². The molecule has 0 bridgehead atoms. The van der Waals surface area contributed by atoms with E-state index in [4.69, 9.17) is 14.5 Å². The second kappa shape index (κ2) is 14.5. The van der Waals surface area contributed by atoms with Crippen LogP contribution in [0.1, 0.15) is 56.0 Å². The number of hydrogen-bond acceptors (Lipinski definition) is 5. The number of nitrogens with zero attached hydrogens (tertiary/aromatic N) is 3. The number of ether oxygens (including phenoxy) is 2. The number of carbonyl (C=O) groups excluding carboxylic acids is 1. The van der Waals surface area contributed by atoms with E-state index in [0.717, 1.165) is 65.4 Å². The molecule has 0 N–H and O–H groups in total. The van der Waals surface area contributed by atoms with E-state index in [1.807, 2.05) is 18.2 Å². The average molecular weight is 612 g/mol. The summed E-state index contributed by atoms with van der Waals surface area (Å²) in [5.74, 6) is 0.656. The lowest BCUT2D eigenvalue weighted by molar-refractivity contribution is -0.172. The van der Waals surface area contributed by atoms with Crippen molar-refractivity contribution in [1.29, 1.82) is 0 Å². The van der Waals surface area contributed by atoms with Crippen molar-refractivity contribution >= 4 is 5.97 Å². The van der Waals surface area contributed by atoms with Crippen LogP contribution in [0.25, 0.3) is 22.5 Å². The molecular formula is C38H46FN3O3. The first-order chi connectivity index (χ1) is 21.7. The molecule has 1 aromatic heterocycles. The zero-order chi connectivity index (χ0) is 32.0. The fourth-order valence-electron chi connectivity index (χ4n) is 7.16. The molecule has 0 unspecified atom stereocenters. The number of imidazole rings is 1. The molecule has 45 heavy (non-hydrogen) atoms. The number of carbonyl (C=O) groups is 1. The Kier molecular flexibility index (Phi) is 10.5. The van der Waals surface area contributed by atoms with Crippen LogP contribution in [0.5, 0.6) is 0 Å². The van der Waals surface area contributed by atoms with Crippen LogP contribution in [0.3, 0.4) is 0 Å². The molecule has 2 atom stereocenters. The summed E-state index contributed by atoms with van der Waals surface area (Å²) in [6, 6.07) is 25.9. The number of halogens is 1. The summed E-state index contributed by atoms with van der Waals surface area (Å²) in [6.07, 6.45) is 3.81. The number of aryl methyl sites for hydroxylation is 2. The summed E-state index contributed by atoms with van der Waals surface area (Å²) in [6.45, 7) is 5.88. The van der Waals surface area contributed by atoms with Crippen LogP contribution < -0.4 is 0 Å². The van der Waals surface area contributed by atoms with Crippen LogP contribution in [0, 0.1) is 11.7 Å². The number of methoxy groups -OCH3 is 1. The van der Waals surface area contributed by atoms with Crippen molar-refractivity contribution < 1.29 is 18.7 Å². The van der Waals surface area contributed by atoms with Gasteiger partial charge in [0.25, 0.3) is 0 Å². The van der Waals surface area contributed by atoms with Gasteiger partial charge >= 0.3 is 5.97 Å². The molecule has 238 valence electrons. The number of benzene rings is 3. The third-order valence-corrected chi connectivity index (χ3v) is 9.21. The van der Waals surface area contributed by atoms with Crippen molar-refractivity contribution in [1.82, 2.24) is 14.5 Å². The van der Waals surface area contributed by atoms with Gasteiger partial charge in [0.15, 0.2) is 0 Å². The number of fused-ring (bicyclic) bond motifs is 1. The van der Waals surface area contributed by atoms with Crippen molar-refractivity contribution in [2.45, 2.75) is 57.5 Å². The minimum atomic E-state index is -0.683. The highest BCUT2D eigenvalue weighted by Gasteiger charge is 2.47. The number of rotatable bonds is 13. The van der Waals surface area contributed by atoms with E-state index in [0.29, 0.717) is 19.3 Å². The van der Waals surface area contributed by atoms with Gasteiger partial charge in [-0.05, 0) is 62.0 Å². The smallest absolute Gasteiger partial charge is 0.332 e. The molecule has 1 aliphatic rings. The van der Waals surface area contributed by atoms with Crippen LogP contribution in [0.2, 0.25) is 0 Å². The van der Waals surface area contributed by atoms with Gasteiger partial charge in [0.2, 0.25) is 0 Å². The van der Waals surface area contributed by atoms with Crippen LogP contribution >= 0.6 is 0 Å². The molecule has 0 spiro atoms. The minimum absolute atomic E-state index is 0.0311. The standard InChI is InChI=1S/C38H46FN3O3/c1-27(2)35-32-19-18-31(39)25-30(32)20-21-38(35,45-34(43)26-44-5)22-24-41(3)23-12-17-33-40-36(28-13-8-6-9-14-28)37(42(33)4)29-15-10-7-11-16-29/h6-11,13-16,18-19,25,27,35H,12,17,20-24,26H2,1-5H3/t35-,38-/m0/s1. The molecule has 0 fully saturated rings. The van der Waals surface area contributed by atoms with Gasteiger partial charge in [0.05, 0.1) is 11.4 Å². The zero-order valence-corrected chi connectivity index (χ0v) is 27.3. The Hall–Kier alpha value is -3.81. The average Bonchev–Trinajstić information content (AvgIpc) is 3.36. The van der Waals surface area contributed by atoms with Gasteiger partial charge in [0.1, 0.15) is 23.8 Å². The van der Waals surface area contributed by atoms with Crippen molar-refractivity contribution in [2.75, 3.05) is 33.9 Å². The van der Waals surface area contributed by atoms with E-state index in [2.05, 4.69) is 85.9 Å². The molecule has 0 aliphatic heterocycles. The van der Waals surface area contributed by atoms with Gasteiger partial charge in [-0.15, -0.1) is 0 Å². The normalized spacial score (nSPS) is 17.9. The topological polar surface area (TPSA) is 56.6 Å². The summed E-state index contributed by atoms with van der Waals surface area (Å²) in [4.78, 5) is 20.3. The van der Waals surface area contributed by atoms with Gasteiger partial charge in [-0.1, -0.05) is 80.6 Å². The predicted molar refractivity (Wildman–Crippen MR) is 178 cm³/mol. The highest BCUT2D eigenvalue weighted by atomic mass is 19.1. The Labute approximate surface area is 267 Å². The molecule has 0 saturated heterocycles. The number of aromatic nitrogens is 2. The number of esters is 1. The largest absolute Gasteiger partial charge is 0.457 e. The van der Waals surface area contributed by atoms with Crippen molar-refractivity contribution in [2.24, 2.45) is 13.0 Å². The van der Waals surface area contributed by atoms with Crippen molar-refractivity contribution in [3.8, 4) is 22.5 Å². The minimum Gasteiger partial charge on any atom is -0.457 e. The second-order valence-corrected chi connectivity index (χ2v) is 12.7. The molecule has 3 aromatic carbocycles. The fourth-order valence-corrected chi connectivity index (χ4v) is 7.16. The highest BCUT2D eigenvalue weighted by molar-refractivity contribution is 5.79. The lowest BCUT2D eigenvalue weighted by Crippen LogP contribution is -2.49. The number of hydrogen-bond donors (Lipinski definition) is 0. The van der Waals surface area contributed by atoms with E-state index in [1.54, 1.807) is 6.07 Å². The molecule has 0 saturated carbocycles. The molecule has 6 nitrogen and oxygen atoms in total. The third-order valence-electron chi connectivity index (χ3n) is 9.21. The Morgan fingerprint density at radius 3 is 2.40 bits per heavy atom. The zero-order valence-electron chi connectivity index (χ0n) is 27.3. The Balaban J connectivity index is 1.30. The molecule has 5 rings (SSSR count). The molecule has 4 aromatic rings. The van der Waals surface area contributed by atoms with E-state index in [9.17, 15) is 9.18 Å². The monoisotopic (exact) mass is 611 g/mol. The summed E-state index contributed by atoms with van der Waals surface area (Å²) in [7, 11) is 5.75. The van der Waals surface area contributed by atoms with Crippen molar-refractivity contribution in [3.63, 3.8) is 0 Å². The summed E-state index contributed by atoms with van der Waals surface area (Å²) >= 11 is 0. The molecule has 0 radical (unpaired) electrons. The Bertz CT molecular complexity index is 1570. The summed E-state index contributed by atoms with van der Waals surface area (Å²) in [5.41, 5.74) is 5.81.